The molecule has 0 saturated heterocycles. The molecule has 0 amide bonds. The first kappa shape index (κ1) is 12.5. The Labute approximate surface area is 94.4 Å². The lowest BCUT2D eigenvalue weighted by Gasteiger charge is -2.47. The van der Waals surface area contributed by atoms with E-state index in [1.807, 2.05) is 0 Å². The Kier molecular flexibility index (Phi) is 3.81. The number of nitrogens with one attached hydrogen (secondary N) is 1. The molecular formula is C13H24N2. The Morgan fingerprint density at radius 2 is 1.93 bits per heavy atom. The lowest BCUT2D eigenvalue weighted by Crippen LogP contribution is -2.62. The Balaban J connectivity index is 2.69. The van der Waals surface area contributed by atoms with Crippen LogP contribution in [0, 0.1) is 11.8 Å². The maximum atomic E-state index is 3.53. The summed E-state index contributed by atoms with van der Waals surface area (Å²) in [6.07, 6.45) is 3.39. The van der Waals surface area contributed by atoms with E-state index in [1.165, 1.54) is 12.8 Å². The van der Waals surface area contributed by atoms with E-state index in [2.05, 4.69) is 56.9 Å². The Bertz CT molecular complexity index is 268. The molecule has 0 atom stereocenters. The summed E-state index contributed by atoms with van der Waals surface area (Å²) in [7, 11) is 0. The molecule has 0 fully saturated rings. The van der Waals surface area contributed by atoms with Crippen LogP contribution >= 0.6 is 0 Å². The molecule has 0 saturated carbocycles. The molecule has 0 aromatic carbocycles. The lowest BCUT2D eigenvalue weighted by atomic mass is 9.89. The van der Waals surface area contributed by atoms with E-state index in [0.29, 0.717) is 0 Å². The SMILES string of the molecule is CCCCNN1C(C)(C)C#CCC1(C)C. The summed E-state index contributed by atoms with van der Waals surface area (Å²) >= 11 is 0. The Morgan fingerprint density at radius 1 is 1.27 bits per heavy atom. The van der Waals surface area contributed by atoms with Crippen LogP contribution < -0.4 is 5.43 Å². The number of nitrogens with zero attached hydrogens (tertiary/aromatic N) is 1. The molecule has 15 heavy (non-hydrogen) atoms. The predicted octanol–water partition coefficient (Wildman–Crippen LogP) is 2.56. The zero-order valence-corrected chi connectivity index (χ0v) is 10.8. The summed E-state index contributed by atoms with van der Waals surface area (Å²) in [6.45, 7) is 12.1. The summed E-state index contributed by atoms with van der Waals surface area (Å²) in [5.74, 6) is 6.56. The van der Waals surface area contributed by atoms with E-state index < -0.39 is 0 Å². The fraction of sp³-hybridized carbons (Fsp3) is 0.846. The van der Waals surface area contributed by atoms with Gasteiger partial charge in [-0.05, 0) is 34.1 Å². The highest BCUT2D eigenvalue weighted by molar-refractivity contribution is 5.22. The van der Waals surface area contributed by atoms with Gasteiger partial charge in [0.2, 0.25) is 0 Å². The average molecular weight is 208 g/mol. The molecule has 0 aromatic heterocycles. The highest BCUT2D eigenvalue weighted by Crippen LogP contribution is 2.28. The maximum Gasteiger partial charge on any atom is 0.0906 e. The van der Waals surface area contributed by atoms with E-state index in [-0.39, 0.29) is 11.1 Å². The molecular weight excluding hydrogens is 184 g/mol. The molecule has 2 nitrogen and oxygen atoms in total. The molecule has 1 aliphatic rings. The third-order valence-corrected chi connectivity index (χ3v) is 2.88. The average Bonchev–Trinajstić information content (AvgIpc) is 2.09. The third kappa shape index (κ3) is 2.96. The van der Waals surface area contributed by atoms with E-state index in [4.69, 9.17) is 0 Å². The number of rotatable bonds is 4. The van der Waals surface area contributed by atoms with Crippen LogP contribution in [0.2, 0.25) is 0 Å². The summed E-state index contributed by atoms with van der Waals surface area (Å²) in [4.78, 5) is 0. The zero-order valence-electron chi connectivity index (χ0n) is 10.8. The minimum absolute atomic E-state index is 0.0600. The minimum Gasteiger partial charge on any atom is -0.253 e. The molecule has 0 aliphatic carbocycles. The van der Waals surface area contributed by atoms with Crippen molar-refractivity contribution in [3.8, 4) is 11.8 Å². The van der Waals surface area contributed by atoms with Gasteiger partial charge >= 0.3 is 0 Å². The molecule has 0 radical (unpaired) electrons. The number of hydrogen-bond donors (Lipinski definition) is 1. The normalized spacial score (nSPS) is 23.3. The maximum absolute atomic E-state index is 3.53. The molecule has 0 unspecified atom stereocenters. The summed E-state index contributed by atoms with van der Waals surface area (Å²) in [5, 5.41) is 2.33. The topological polar surface area (TPSA) is 15.3 Å². The quantitative estimate of drug-likeness (QED) is 0.564. The Hall–Kier alpha value is -0.520. The number of hydrogen-bond acceptors (Lipinski definition) is 2. The van der Waals surface area contributed by atoms with E-state index in [1.54, 1.807) is 0 Å². The first-order chi connectivity index (χ1) is 6.90. The molecule has 1 N–H and O–H groups in total. The van der Waals surface area contributed by atoms with Crippen LogP contribution in [0.1, 0.15) is 53.9 Å². The Morgan fingerprint density at radius 3 is 2.47 bits per heavy atom. The van der Waals surface area contributed by atoms with Gasteiger partial charge in [0.05, 0.1) is 5.54 Å². The van der Waals surface area contributed by atoms with Crippen molar-refractivity contribution in [2.24, 2.45) is 0 Å². The van der Waals surface area contributed by atoms with Crippen molar-refractivity contribution < 1.29 is 0 Å². The molecule has 86 valence electrons. The fourth-order valence-corrected chi connectivity index (χ4v) is 2.15. The van der Waals surface area contributed by atoms with Crippen molar-refractivity contribution in [3.63, 3.8) is 0 Å². The summed E-state index contributed by atoms with van der Waals surface area (Å²) < 4.78 is 0. The van der Waals surface area contributed by atoms with Crippen molar-refractivity contribution in [1.82, 2.24) is 10.4 Å². The van der Waals surface area contributed by atoms with Gasteiger partial charge < -0.3 is 0 Å². The number of unbranched alkanes of at least 4 members (excludes halogenated alkanes) is 1. The lowest BCUT2D eigenvalue weighted by molar-refractivity contribution is -0.00822. The number of hydrazine groups is 1. The molecule has 1 heterocycles. The van der Waals surface area contributed by atoms with Crippen LogP contribution in [0.5, 0.6) is 0 Å². The molecule has 0 aromatic rings. The van der Waals surface area contributed by atoms with Crippen LogP contribution in [0.3, 0.4) is 0 Å². The van der Waals surface area contributed by atoms with Gasteiger partial charge in [0.15, 0.2) is 0 Å². The third-order valence-electron chi connectivity index (χ3n) is 2.88. The second-order valence-corrected chi connectivity index (χ2v) is 5.45. The molecule has 1 rings (SSSR count). The highest BCUT2D eigenvalue weighted by Gasteiger charge is 2.38. The van der Waals surface area contributed by atoms with Gasteiger partial charge in [-0.3, -0.25) is 5.43 Å². The molecule has 1 aliphatic heterocycles. The van der Waals surface area contributed by atoms with Gasteiger partial charge in [-0.1, -0.05) is 25.2 Å². The smallest absolute Gasteiger partial charge is 0.0906 e. The molecule has 0 spiro atoms. The van der Waals surface area contributed by atoms with Gasteiger partial charge in [-0.15, -0.1) is 0 Å². The van der Waals surface area contributed by atoms with E-state index >= 15 is 0 Å². The van der Waals surface area contributed by atoms with Gasteiger partial charge in [-0.25, -0.2) is 5.01 Å². The summed E-state index contributed by atoms with van der Waals surface area (Å²) in [5.41, 5.74) is 3.60. The predicted molar refractivity (Wildman–Crippen MR) is 65.3 cm³/mol. The summed E-state index contributed by atoms with van der Waals surface area (Å²) in [6, 6.07) is 0. The van der Waals surface area contributed by atoms with Crippen molar-refractivity contribution >= 4 is 0 Å². The van der Waals surface area contributed by atoms with Gasteiger partial charge in [0, 0.05) is 18.5 Å². The van der Waals surface area contributed by atoms with Gasteiger partial charge in [0.1, 0.15) is 0 Å². The fourth-order valence-electron chi connectivity index (χ4n) is 2.15. The van der Waals surface area contributed by atoms with Gasteiger partial charge in [-0.2, -0.15) is 0 Å². The van der Waals surface area contributed by atoms with Crippen molar-refractivity contribution in [2.45, 2.75) is 65.0 Å². The zero-order chi connectivity index (χ0) is 11.5. The molecule has 2 heteroatoms. The molecule has 0 bridgehead atoms. The van der Waals surface area contributed by atoms with Crippen LogP contribution in [-0.4, -0.2) is 22.6 Å². The van der Waals surface area contributed by atoms with Crippen LogP contribution in [0.4, 0.5) is 0 Å². The van der Waals surface area contributed by atoms with Gasteiger partial charge in [0.25, 0.3) is 0 Å². The van der Waals surface area contributed by atoms with E-state index in [0.717, 1.165) is 13.0 Å². The minimum atomic E-state index is -0.0600. The van der Waals surface area contributed by atoms with Crippen LogP contribution in [0.25, 0.3) is 0 Å². The highest BCUT2D eigenvalue weighted by atomic mass is 15.6. The van der Waals surface area contributed by atoms with Crippen molar-refractivity contribution in [2.75, 3.05) is 6.54 Å². The second-order valence-electron chi connectivity index (χ2n) is 5.45. The van der Waals surface area contributed by atoms with Crippen molar-refractivity contribution in [3.05, 3.63) is 0 Å². The second kappa shape index (κ2) is 4.55. The monoisotopic (exact) mass is 208 g/mol. The standard InChI is InChI=1S/C13H24N2/c1-6-7-11-14-15-12(2,3)9-8-10-13(15,4)5/h14H,6-7,9,11H2,1-5H3. The van der Waals surface area contributed by atoms with E-state index in [9.17, 15) is 0 Å². The van der Waals surface area contributed by atoms with Crippen molar-refractivity contribution in [1.29, 1.82) is 0 Å². The van der Waals surface area contributed by atoms with Crippen LogP contribution in [0.15, 0.2) is 0 Å². The first-order valence-electron chi connectivity index (χ1n) is 5.94. The van der Waals surface area contributed by atoms with Crippen LogP contribution in [-0.2, 0) is 0 Å². The first-order valence-corrected chi connectivity index (χ1v) is 5.94. The largest absolute Gasteiger partial charge is 0.253 e.